The van der Waals surface area contributed by atoms with E-state index in [9.17, 15) is 0 Å². The van der Waals surface area contributed by atoms with Crippen molar-refractivity contribution >= 4 is 17.3 Å². The maximum atomic E-state index is 5.76. The van der Waals surface area contributed by atoms with E-state index < -0.39 is 0 Å². The van der Waals surface area contributed by atoms with E-state index >= 15 is 0 Å². The van der Waals surface area contributed by atoms with Gasteiger partial charge in [-0.25, -0.2) is 0 Å². The Morgan fingerprint density at radius 3 is 2.30 bits per heavy atom. The number of nitrogens with one attached hydrogen (secondary N) is 1. The summed E-state index contributed by atoms with van der Waals surface area (Å²) in [4.78, 5) is 6.97. The van der Waals surface area contributed by atoms with Gasteiger partial charge >= 0.3 is 0 Å². The van der Waals surface area contributed by atoms with E-state index in [1.165, 1.54) is 33.8 Å². The van der Waals surface area contributed by atoms with Crippen molar-refractivity contribution in [2.45, 2.75) is 59.7 Å². The SMILES string of the molecule is Cc1cc(C)cc(-n2c(C)cc([C@H]3[C@H](c4ccccn4)NC(=S)N3C(C)C)c2C)c1. The Bertz CT molecular complexity index is 1060. The molecule has 2 aromatic heterocycles. The van der Waals surface area contributed by atoms with Crippen LogP contribution in [0, 0.1) is 27.7 Å². The lowest BCUT2D eigenvalue weighted by molar-refractivity contribution is 0.269. The third-order valence-corrected chi connectivity index (χ3v) is 6.27. The first-order valence-electron chi connectivity index (χ1n) is 10.5. The highest BCUT2D eigenvalue weighted by Gasteiger charge is 2.42. The van der Waals surface area contributed by atoms with Crippen molar-refractivity contribution in [1.29, 1.82) is 0 Å². The number of hydrogen-bond donors (Lipinski definition) is 1. The van der Waals surface area contributed by atoms with Crippen LogP contribution in [0.25, 0.3) is 5.69 Å². The van der Waals surface area contributed by atoms with Crippen molar-refractivity contribution in [2.24, 2.45) is 0 Å². The number of hydrogen-bond acceptors (Lipinski definition) is 2. The molecular weight excluding hydrogens is 388 g/mol. The van der Waals surface area contributed by atoms with E-state index in [-0.39, 0.29) is 18.1 Å². The van der Waals surface area contributed by atoms with Gasteiger partial charge in [0, 0.05) is 29.3 Å². The molecule has 30 heavy (non-hydrogen) atoms. The standard InChI is InChI=1S/C25H30N4S/c1-15(2)28-24(23(27-25(28)30)22-9-7-8-10-26-22)21-14-18(5)29(19(21)6)20-12-16(3)11-17(4)13-20/h7-15,23-24H,1-6H3,(H,27,30)/t23-,24-/m0/s1. The highest BCUT2D eigenvalue weighted by molar-refractivity contribution is 7.80. The molecule has 3 aromatic rings. The molecule has 0 bridgehead atoms. The molecular formula is C25H30N4S. The molecule has 0 saturated carbocycles. The first-order chi connectivity index (χ1) is 14.3. The zero-order valence-electron chi connectivity index (χ0n) is 18.6. The number of rotatable bonds is 4. The van der Waals surface area contributed by atoms with Gasteiger partial charge in [-0.05, 0) is 101 Å². The molecule has 0 unspecified atom stereocenters. The Morgan fingerprint density at radius 2 is 1.70 bits per heavy atom. The third-order valence-electron chi connectivity index (χ3n) is 5.95. The maximum Gasteiger partial charge on any atom is 0.170 e. The summed E-state index contributed by atoms with van der Waals surface area (Å²) in [6.45, 7) is 13.1. The molecule has 1 saturated heterocycles. The van der Waals surface area contributed by atoms with Crippen molar-refractivity contribution in [1.82, 2.24) is 19.8 Å². The van der Waals surface area contributed by atoms with Crippen LogP contribution in [0.2, 0.25) is 0 Å². The highest BCUT2D eigenvalue weighted by Crippen LogP contribution is 2.42. The van der Waals surface area contributed by atoms with Crippen molar-refractivity contribution in [3.63, 3.8) is 0 Å². The third kappa shape index (κ3) is 3.52. The second-order valence-electron chi connectivity index (χ2n) is 8.64. The van der Waals surface area contributed by atoms with Gasteiger partial charge in [-0.15, -0.1) is 0 Å². The molecule has 1 aromatic carbocycles. The van der Waals surface area contributed by atoms with Crippen LogP contribution in [0.15, 0.2) is 48.7 Å². The largest absolute Gasteiger partial charge is 0.352 e. The zero-order valence-corrected chi connectivity index (χ0v) is 19.4. The minimum Gasteiger partial charge on any atom is -0.352 e. The Kier molecular flexibility index (Phi) is 5.41. The minimum atomic E-state index is 0.0225. The van der Waals surface area contributed by atoms with Crippen LogP contribution in [0.3, 0.4) is 0 Å². The monoisotopic (exact) mass is 418 g/mol. The molecule has 4 nitrogen and oxygen atoms in total. The first kappa shape index (κ1) is 20.6. The van der Waals surface area contributed by atoms with E-state index in [1.807, 2.05) is 18.3 Å². The summed E-state index contributed by atoms with van der Waals surface area (Å²) in [5.74, 6) is 0. The minimum absolute atomic E-state index is 0.0225. The molecule has 0 spiro atoms. The molecule has 0 radical (unpaired) electrons. The van der Waals surface area contributed by atoms with Crippen LogP contribution >= 0.6 is 12.2 Å². The molecule has 5 heteroatoms. The van der Waals surface area contributed by atoms with Gasteiger partial charge in [0.1, 0.15) is 0 Å². The second-order valence-corrected chi connectivity index (χ2v) is 9.02. The molecule has 1 N–H and O–H groups in total. The molecule has 1 aliphatic heterocycles. The van der Waals surface area contributed by atoms with E-state index in [2.05, 4.69) is 91.6 Å². The van der Waals surface area contributed by atoms with E-state index in [1.54, 1.807) is 0 Å². The molecule has 156 valence electrons. The number of nitrogens with zero attached hydrogens (tertiary/aromatic N) is 3. The van der Waals surface area contributed by atoms with Crippen LogP contribution in [-0.4, -0.2) is 25.6 Å². The number of pyridine rings is 1. The lowest BCUT2D eigenvalue weighted by Crippen LogP contribution is -2.35. The normalized spacial score (nSPS) is 18.9. The van der Waals surface area contributed by atoms with Gasteiger partial charge in [0.05, 0.1) is 17.8 Å². The van der Waals surface area contributed by atoms with Crippen LogP contribution in [0.5, 0.6) is 0 Å². The molecule has 0 aliphatic carbocycles. The van der Waals surface area contributed by atoms with Gasteiger partial charge in [-0.2, -0.15) is 0 Å². The fourth-order valence-electron chi connectivity index (χ4n) is 4.82. The second kappa shape index (κ2) is 7.88. The van der Waals surface area contributed by atoms with Crippen LogP contribution in [0.1, 0.15) is 59.7 Å². The summed E-state index contributed by atoms with van der Waals surface area (Å²) in [6.07, 6.45) is 1.86. The van der Waals surface area contributed by atoms with E-state index in [4.69, 9.17) is 12.2 Å². The molecule has 3 heterocycles. The molecule has 4 rings (SSSR count). The van der Waals surface area contributed by atoms with Crippen molar-refractivity contribution < 1.29 is 0 Å². The molecule has 0 amide bonds. The van der Waals surface area contributed by atoms with E-state index in [0.717, 1.165) is 10.8 Å². The molecule has 2 atom stereocenters. The summed E-state index contributed by atoms with van der Waals surface area (Å²) >= 11 is 5.76. The summed E-state index contributed by atoms with van der Waals surface area (Å²) in [5.41, 5.74) is 8.56. The highest BCUT2D eigenvalue weighted by atomic mass is 32.1. The Hall–Kier alpha value is -2.66. The van der Waals surface area contributed by atoms with Crippen molar-refractivity contribution in [3.8, 4) is 5.69 Å². The van der Waals surface area contributed by atoms with Crippen molar-refractivity contribution in [3.05, 3.63) is 82.4 Å². The number of aryl methyl sites for hydroxylation is 3. The van der Waals surface area contributed by atoms with Crippen molar-refractivity contribution in [2.75, 3.05) is 0 Å². The summed E-state index contributed by atoms with van der Waals surface area (Å²) in [7, 11) is 0. The zero-order chi connectivity index (χ0) is 21.6. The van der Waals surface area contributed by atoms with Gasteiger partial charge < -0.3 is 14.8 Å². The Labute approximate surface area is 184 Å². The Morgan fingerprint density at radius 1 is 1.00 bits per heavy atom. The van der Waals surface area contributed by atoms with Crippen LogP contribution < -0.4 is 5.32 Å². The van der Waals surface area contributed by atoms with Crippen LogP contribution in [-0.2, 0) is 0 Å². The summed E-state index contributed by atoms with van der Waals surface area (Å²) in [6, 6.07) is 15.5. The lowest BCUT2D eigenvalue weighted by Gasteiger charge is -2.31. The van der Waals surface area contributed by atoms with Crippen LogP contribution in [0.4, 0.5) is 0 Å². The van der Waals surface area contributed by atoms with E-state index in [0.29, 0.717) is 0 Å². The fourth-order valence-corrected chi connectivity index (χ4v) is 5.27. The average Bonchev–Trinajstić information content (AvgIpc) is 3.17. The van der Waals surface area contributed by atoms with Gasteiger partial charge in [-0.1, -0.05) is 12.1 Å². The predicted molar refractivity (Wildman–Crippen MR) is 127 cm³/mol. The molecule has 1 aliphatic rings. The molecule has 1 fully saturated rings. The lowest BCUT2D eigenvalue weighted by atomic mass is 9.96. The number of aromatic nitrogens is 2. The smallest absolute Gasteiger partial charge is 0.170 e. The topological polar surface area (TPSA) is 33.1 Å². The first-order valence-corrected chi connectivity index (χ1v) is 11.0. The van der Waals surface area contributed by atoms with Gasteiger partial charge in [0.2, 0.25) is 0 Å². The predicted octanol–water partition coefficient (Wildman–Crippen LogP) is 5.49. The maximum absolute atomic E-state index is 5.76. The van der Waals surface area contributed by atoms with Gasteiger partial charge in [-0.3, -0.25) is 4.98 Å². The fraction of sp³-hybridized carbons (Fsp3) is 0.360. The quantitative estimate of drug-likeness (QED) is 0.568. The van der Waals surface area contributed by atoms with Gasteiger partial charge in [0.15, 0.2) is 5.11 Å². The summed E-state index contributed by atoms with van der Waals surface area (Å²) in [5, 5.41) is 4.34. The Balaban J connectivity index is 1.87. The number of benzene rings is 1. The van der Waals surface area contributed by atoms with Gasteiger partial charge in [0.25, 0.3) is 0 Å². The average molecular weight is 419 g/mol. The summed E-state index contributed by atoms with van der Waals surface area (Å²) < 4.78 is 2.37. The number of thiocarbonyl (C=S) groups is 1.